The van der Waals surface area contributed by atoms with Gasteiger partial charge in [0.1, 0.15) is 0 Å². The predicted octanol–water partition coefficient (Wildman–Crippen LogP) is 9.31. The van der Waals surface area contributed by atoms with E-state index in [4.69, 9.17) is 9.46 Å². The Balaban J connectivity index is 2.14. The topological polar surface area (TPSA) is 35.5 Å². The zero-order valence-electron chi connectivity index (χ0n) is 22.3. The van der Waals surface area contributed by atoms with Crippen LogP contribution in [0.15, 0.2) is 23.8 Å². The van der Waals surface area contributed by atoms with Crippen molar-refractivity contribution in [1.29, 1.82) is 0 Å². The standard InChI is InChI=1S/C28H52O3Si/c1-8-9-17-24(2)18-14-15-20-26-22-16-21-25(26)19-12-10-11-13-23-27(29)30-31-32(6,7)28(3,4)5/h15,20-21,24,26H,8-14,16-19,22-23H2,1-7H3/t24?,26-/m0/s1. The van der Waals surface area contributed by atoms with Gasteiger partial charge in [0.15, 0.2) is 0 Å². The minimum atomic E-state index is -2.03. The van der Waals surface area contributed by atoms with E-state index in [2.05, 4.69) is 65.9 Å². The highest BCUT2D eigenvalue weighted by atomic mass is 28.4. The van der Waals surface area contributed by atoms with Gasteiger partial charge in [-0.05, 0) is 74.9 Å². The highest BCUT2D eigenvalue weighted by Crippen LogP contribution is 2.36. The first-order valence-electron chi connectivity index (χ1n) is 13.3. The third kappa shape index (κ3) is 11.8. The van der Waals surface area contributed by atoms with Crippen LogP contribution in [-0.2, 0) is 14.3 Å². The van der Waals surface area contributed by atoms with Crippen molar-refractivity contribution in [3.63, 3.8) is 0 Å². The number of hydrogen-bond acceptors (Lipinski definition) is 3. The molecule has 2 atom stereocenters. The minimum Gasteiger partial charge on any atom is -0.310 e. The fourth-order valence-corrected chi connectivity index (χ4v) is 4.45. The molecule has 1 unspecified atom stereocenters. The summed E-state index contributed by atoms with van der Waals surface area (Å²) in [6.07, 6.45) is 22.5. The summed E-state index contributed by atoms with van der Waals surface area (Å²) in [5.41, 5.74) is 1.64. The van der Waals surface area contributed by atoms with Gasteiger partial charge in [-0.15, -0.1) is 0 Å². The van der Waals surface area contributed by atoms with Crippen molar-refractivity contribution in [3.8, 4) is 0 Å². The summed E-state index contributed by atoms with van der Waals surface area (Å²) in [5.74, 6) is 1.31. The Bertz CT molecular complexity index is 586. The largest absolute Gasteiger partial charge is 0.340 e. The summed E-state index contributed by atoms with van der Waals surface area (Å²) >= 11 is 0. The molecule has 0 radical (unpaired) electrons. The molecule has 0 aromatic heterocycles. The lowest BCUT2D eigenvalue weighted by atomic mass is 9.94. The summed E-state index contributed by atoms with van der Waals surface area (Å²) in [5, 5.41) is 0.0440. The van der Waals surface area contributed by atoms with E-state index < -0.39 is 8.32 Å². The normalized spacial score (nSPS) is 18.2. The maximum Gasteiger partial charge on any atom is 0.340 e. The number of unbranched alkanes of at least 4 members (excludes halogenated alkanes) is 4. The summed E-state index contributed by atoms with van der Waals surface area (Å²) in [6.45, 7) is 15.3. The molecule has 1 rings (SSSR count). The van der Waals surface area contributed by atoms with Gasteiger partial charge in [0.2, 0.25) is 0 Å². The molecule has 1 aliphatic carbocycles. The van der Waals surface area contributed by atoms with Crippen molar-refractivity contribution in [1.82, 2.24) is 0 Å². The van der Waals surface area contributed by atoms with Crippen molar-refractivity contribution in [2.24, 2.45) is 11.8 Å². The van der Waals surface area contributed by atoms with Crippen LogP contribution in [-0.4, -0.2) is 14.3 Å². The lowest BCUT2D eigenvalue weighted by Crippen LogP contribution is -2.41. The maximum atomic E-state index is 12.0. The number of carbonyl (C=O) groups is 1. The molecule has 0 bridgehead atoms. The Morgan fingerprint density at radius 2 is 1.88 bits per heavy atom. The van der Waals surface area contributed by atoms with Crippen LogP contribution < -0.4 is 0 Å². The zero-order valence-corrected chi connectivity index (χ0v) is 23.3. The second-order valence-electron chi connectivity index (χ2n) is 11.4. The lowest BCUT2D eigenvalue weighted by molar-refractivity contribution is -0.221. The Kier molecular flexibility index (Phi) is 13.8. The van der Waals surface area contributed by atoms with Gasteiger partial charge in [0, 0.05) is 6.42 Å². The number of rotatable bonds is 16. The zero-order chi connectivity index (χ0) is 24.0. The predicted molar refractivity (Wildman–Crippen MR) is 140 cm³/mol. The van der Waals surface area contributed by atoms with E-state index in [-0.39, 0.29) is 11.0 Å². The van der Waals surface area contributed by atoms with Gasteiger partial charge in [-0.25, -0.2) is 9.37 Å². The fraction of sp³-hybridized carbons (Fsp3) is 0.821. The van der Waals surface area contributed by atoms with Crippen LogP contribution in [0.5, 0.6) is 0 Å². The molecule has 4 heteroatoms. The van der Waals surface area contributed by atoms with Gasteiger partial charge in [0.05, 0.1) is 0 Å². The van der Waals surface area contributed by atoms with Crippen LogP contribution >= 0.6 is 0 Å². The molecule has 0 aromatic carbocycles. The Labute approximate surface area is 200 Å². The Morgan fingerprint density at radius 1 is 1.16 bits per heavy atom. The third-order valence-corrected chi connectivity index (χ3v) is 11.5. The monoisotopic (exact) mass is 464 g/mol. The van der Waals surface area contributed by atoms with E-state index in [1.54, 1.807) is 5.57 Å². The van der Waals surface area contributed by atoms with Gasteiger partial charge in [-0.1, -0.05) is 90.5 Å². The molecule has 0 saturated carbocycles. The Hall–Kier alpha value is -0.873. The minimum absolute atomic E-state index is 0.0440. The molecule has 0 N–H and O–H groups in total. The van der Waals surface area contributed by atoms with Gasteiger partial charge in [0.25, 0.3) is 8.32 Å². The van der Waals surface area contributed by atoms with Crippen LogP contribution in [0.4, 0.5) is 0 Å². The van der Waals surface area contributed by atoms with Crippen LogP contribution in [0.25, 0.3) is 0 Å². The molecule has 0 amide bonds. The highest BCUT2D eigenvalue weighted by molar-refractivity contribution is 6.73. The van der Waals surface area contributed by atoms with Crippen LogP contribution in [0.3, 0.4) is 0 Å². The average molecular weight is 465 g/mol. The average Bonchev–Trinajstić information content (AvgIpc) is 3.17. The van der Waals surface area contributed by atoms with Gasteiger partial charge in [-0.2, -0.15) is 0 Å². The maximum absolute atomic E-state index is 12.0. The van der Waals surface area contributed by atoms with Gasteiger partial charge in [-0.3, -0.25) is 0 Å². The second kappa shape index (κ2) is 15.1. The van der Waals surface area contributed by atoms with Gasteiger partial charge < -0.3 is 4.89 Å². The molecule has 32 heavy (non-hydrogen) atoms. The number of allylic oxidation sites excluding steroid dienone is 4. The van der Waals surface area contributed by atoms with Crippen LogP contribution in [0, 0.1) is 11.8 Å². The molecule has 0 spiro atoms. The van der Waals surface area contributed by atoms with E-state index in [0.29, 0.717) is 12.3 Å². The lowest BCUT2D eigenvalue weighted by Gasteiger charge is -2.33. The highest BCUT2D eigenvalue weighted by Gasteiger charge is 2.40. The van der Waals surface area contributed by atoms with E-state index in [1.807, 2.05) is 0 Å². The molecule has 0 fully saturated rings. The van der Waals surface area contributed by atoms with Gasteiger partial charge >= 0.3 is 5.97 Å². The molecule has 186 valence electrons. The number of hydrogen-bond donors (Lipinski definition) is 0. The first kappa shape index (κ1) is 29.2. The van der Waals surface area contributed by atoms with Crippen molar-refractivity contribution >= 4 is 14.3 Å². The summed E-state index contributed by atoms with van der Waals surface area (Å²) in [7, 11) is -2.03. The third-order valence-electron chi connectivity index (χ3n) is 7.35. The van der Waals surface area contributed by atoms with E-state index in [9.17, 15) is 4.79 Å². The fourth-order valence-electron chi connectivity index (χ4n) is 3.90. The molecule has 0 saturated heterocycles. The van der Waals surface area contributed by atoms with Crippen molar-refractivity contribution in [3.05, 3.63) is 23.8 Å². The summed E-state index contributed by atoms with van der Waals surface area (Å²) in [6, 6.07) is 0. The van der Waals surface area contributed by atoms with E-state index in [1.165, 1.54) is 64.2 Å². The molecule has 0 aromatic rings. The summed E-state index contributed by atoms with van der Waals surface area (Å²) < 4.78 is 5.56. The Morgan fingerprint density at radius 3 is 2.56 bits per heavy atom. The molecular weight excluding hydrogens is 412 g/mol. The quantitative estimate of drug-likeness (QED) is 0.0750. The molecule has 3 nitrogen and oxygen atoms in total. The molecule has 0 aliphatic heterocycles. The molecular formula is C28H52O3Si. The van der Waals surface area contributed by atoms with Crippen molar-refractivity contribution in [2.75, 3.05) is 0 Å². The first-order valence-corrected chi connectivity index (χ1v) is 16.2. The molecule has 1 aliphatic rings. The second-order valence-corrected chi connectivity index (χ2v) is 16.1. The van der Waals surface area contributed by atoms with Crippen LogP contribution in [0.1, 0.15) is 118 Å². The van der Waals surface area contributed by atoms with Crippen LogP contribution in [0.2, 0.25) is 18.1 Å². The molecule has 0 heterocycles. The van der Waals surface area contributed by atoms with Crippen molar-refractivity contribution in [2.45, 2.75) is 136 Å². The van der Waals surface area contributed by atoms with Crippen molar-refractivity contribution < 1.29 is 14.3 Å². The van der Waals surface area contributed by atoms with E-state index in [0.717, 1.165) is 18.8 Å². The smallest absolute Gasteiger partial charge is 0.310 e. The first-order chi connectivity index (χ1) is 15.1. The number of carbonyl (C=O) groups excluding carboxylic acids is 1. The van der Waals surface area contributed by atoms with E-state index >= 15 is 0 Å². The summed E-state index contributed by atoms with van der Waals surface area (Å²) in [4.78, 5) is 17.1. The SMILES string of the molecule is CCCCC(C)CCC=C[C@H]1CCC=C1CCCCCCC(=O)OO[Si](C)(C)C(C)(C)C.